The van der Waals surface area contributed by atoms with Gasteiger partial charge in [-0.15, -0.1) is 0 Å². The standard InChI is InChI=1S/C21H21FN4O2/c22-18-5-7-19(8-6-18)25-21(28)26-11-9-16(10-12-26)14-24-20(27)17-3-1-15(13-23)2-4-17/h1-8,16H,9-12,14H2,(H,24,27)(H,25,28). The lowest BCUT2D eigenvalue weighted by atomic mass is 9.97. The molecule has 0 saturated carbocycles. The monoisotopic (exact) mass is 380 g/mol. The number of rotatable bonds is 4. The highest BCUT2D eigenvalue weighted by molar-refractivity contribution is 5.94. The van der Waals surface area contributed by atoms with Crippen molar-refractivity contribution in [3.8, 4) is 6.07 Å². The fourth-order valence-corrected chi connectivity index (χ4v) is 3.11. The molecule has 2 aromatic rings. The largest absolute Gasteiger partial charge is 0.352 e. The number of benzene rings is 2. The van der Waals surface area contributed by atoms with E-state index in [0.717, 1.165) is 12.8 Å². The number of piperidine rings is 1. The summed E-state index contributed by atoms with van der Waals surface area (Å²) in [4.78, 5) is 26.2. The fourth-order valence-electron chi connectivity index (χ4n) is 3.11. The van der Waals surface area contributed by atoms with Crippen LogP contribution >= 0.6 is 0 Å². The molecule has 2 N–H and O–H groups in total. The van der Waals surface area contributed by atoms with Crippen LogP contribution < -0.4 is 10.6 Å². The van der Waals surface area contributed by atoms with E-state index in [-0.39, 0.29) is 17.8 Å². The molecular weight excluding hydrogens is 359 g/mol. The van der Waals surface area contributed by atoms with E-state index in [1.165, 1.54) is 24.3 Å². The van der Waals surface area contributed by atoms with Gasteiger partial charge in [-0.25, -0.2) is 9.18 Å². The topological polar surface area (TPSA) is 85.2 Å². The molecule has 0 unspecified atom stereocenters. The number of hydrogen-bond acceptors (Lipinski definition) is 3. The molecule has 1 aliphatic heterocycles. The predicted octanol–water partition coefficient (Wildman–Crippen LogP) is 3.37. The van der Waals surface area contributed by atoms with Gasteiger partial charge >= 0.3 is 6.03 Å². The summed E-state index contributed by atoms with van der Waals surface area (Å²) in [5, 5.41) is 14.5. The van der Waals surface area contributed by atoms with Gasteiger partial charge in [-0.05, 0) is 67.3 Å². The molecule has 6 nitrogen and oxygen atoms in total. The summed E-state index contributed by atoms with van der Waals surface area (Å²) in [6.07, 6.45) is 1.59. The molecule has 3 rings (SSSR count). The van der Waals surface area contributed by atoms with Gasteiger partial charge in [0, 0.05) is 30.9 Å². The average Bonchev–Trinajstić information content (AvgIpc) is 2.74. The Kier molecular flexibility index (Phi) is 6.22. The van der Waals surface area contributed by atoms with Crippen LogP contribution in [0.3, 0.4) is 0 Å². The van der Waals surface area contributed by atoms with Gasteiger partial charge in [0.1, 0.15) is 5.82 Å². The number of carbonyl (C=O) groups is 2. The summed E-state index contributed by atoms with van der Waals surface area (Å²) in [5.41, 5.74) is 1.60. The number of carbonyl (C=O) groups excluding carboxylic acids is 2. The summed E-state index contributed by atoms with van der Waals surface area (Å²) in [5.74, 6) is -0.208. The van der Waals surface area contributed by atoms with Crippen LogP contribution in [0.1, 0.15) is 28.8 Å². The fraction of sp³-hybridized carbons (Fsp3) is 0.286. The van der Waals surface area contributed by atoms with E-state index in [9.17, 15) is 14.0 Å². The molecule has 0 spiro atoms. The molecule has 28 heavy (non-hydrogen) atoms. The number of nitrogens with zero attached hydrogens (tertiary/aromatic N) is 2. The number of nitriles is 1. The number of halogens is 1. The van der Waals surface area contributed by atoms with Gasteiger partial charge in [0.25, 0.3) is 5.91 Å². The minimum Gasteiger partial charge on any atom is -0.352 e. The minimum absolute atomic E-state index is 0.166. The highest BCUT2D eigenvalue weighted by Gasteiger charge is 2.23. The first kappa shape index (κ1) is 19.4. The first-order valence-electron chi connectivity index (χ1n) is 9.15. The zero-order valence-corrected chi connectivity index (χ0v) is 15.3. The van der Waals surface area contributed by atoms with Crippen LogP contribution in [-0.4, -0.2) is 36.5 Å². The van der Waals surface area contributed by atoms with Crippen molar-refractivity contribution in [2.75, 3.05) is 25.0 Å². The van der Waals surface area contributed by atoms with Gasteiger partial charge in [0.2, 0.25) is 0 Å². The predicted molar refractivity (Wildman–Crippen MR) is 103 cm³/mol. The van der Waals surface area contributed by atoms with Crippen molar-refractivity contribution in [2.45, 2.75) is 12.8 Å². The number of likely N-dealkylation sites (tertiary alicyclic amines) is 1. The molecule has 1 saturated heterocycles. The van der Waals surface area contributed by atoms with E-state index in [1.54, 1.807) is 29.2 Å². The molecule has 7 heteroatoms. The second kappa shape index (κ2) is 9.00. The molecule has 2 aromatic carbocycles. The lowest BCUT2D eigenvalue weighted by Crippen LogP contribution is -2.43. The molecule has 3 amide bonds. The molecule has 1 aliphatic rings. The Bertz CT molecular complexity index is 867. The Morgan fingerprint density at radius 2 is 1.71 bits per heavy atom. The summed E-state index contributed by atoms with van der Waals surface area (Å²) in [6, 6.07) is 14.0. The van der Waals surface area contributed by atoms with Crippen LogP contribution in [0.4, 0.5) is 14.9 Å². The smallest absolute Gasteiger partial charge is 0.321 e. The molecule has 1 fully saturated rings. The third-order valence-electron chi connectivity index (χ3n) is 4.82. The van der Waals surface area contributed by atoms with Crippen LogP contribution in [-0.2, 0) is 0 Å². The maximum Gasteiger partial charge on any atom is 0.321 e. The SMILES string of the molecule is N#Cc1ccc(C(=O)NCC2CCN(C(=O)Nc3ccc(F)cc3)CC2)cc1. The third kappa shape index (κ3) is 5.07. The van der Waals surface area contributed by atoms with E-state index < -0.39 is 0 Å². The van der Waals surface area contributed by atoms with Crippen molar-refractivity contribution in [1.82, 2.24) is 10.2 Å². The zero-order chi connectivity index (χ0) is 19.9. The normalized spacial score (nSPS) is 14.2. The summed E-state index contributed by atoms with van der Waals surface area (Å²) < 4.78 is 12.9. The Morgan fingerprint density at radius 3 is 2.32 bits per heavy atom. The van der Waals surface area contributed by atoms with Crippen molar-refractivity contribution in [1.29, 1.82) is 5.26 Å². The van der Waals surface area contributed by atoms with Crippen molar-refractivity contribution < 1.29 is 14.0 Å². The zero-order valence-electron chi connectivity index (χ0n) is 15.3. The van der Waals surface area contributed by atoms with Gasteiger partial charge < -0.3 is 15.5 Å². The van der Waals surface area contributed by atoms with Gasteiger partial charge in [0.05, 0.1) is 11.6 Å². The molecule has 0 radical (unpaired) electrons. The lowest BCUT2D eigenvalue weighted by Gasteiger charge is -2.32. The number of amides is 3. The van der Waals surface area contributed by atoms with Crippen LogP contribution in [0.2, 0.25) is 0 Å². The van der Waals surface area contributed by atoms with Crippen LogP contribution in [0.5, 0.6) is 0 Å². The minimum atomic E-state index is -0.345. The molecule has 0 atom stereocenters. The number of hydrogen-bond donors (Lipinski definition) is 2. The van der Waals surface area contributed by atoms with Crippen LogP contribution in [0.15, 0.2) is 48.5 Å². The van der Waals surface area contributed by atoms with Crippen molar-refractivity contribution >= 4 is 17.6 Å². The summed E-state index contributed by atoms with van der Waals surface area (Å²) >= 11 is 0. The van der Waals surface area contributed by atoms with Crippen molar-refractivity contribution in [3.63, 3.8) is 0 Å². The highest BCUT2D eigenvalue weighted by atomic mass is 19.1. The van der Waals surface area contributed by atoms with Crippen molar-refractivity contribution in [2.24, 2.45) is 5.92 Å². The second-order valence-corrected chi connectivity index (χ2v) is 6.77. The molecule has 1 heterocycles. The van der Waals surface area contributed by atoms with Gasteiger partial charge in [-0.2, -0.15) is 5.26 Å². The molecule has 0 bridgehead atoms. The third-order valence-corrected chi connectivity index (χ3v) is 4.82. The van der Waals surface area contributed by atoms with Gasteiger partial charge in [-0.1, -0.05) is 0 Å². The summed E-state index contributed by atoms with van der Waals surface area (Å²) in [6.45, 7) is 1.75. The lowest BCUT2D eigenvalue weighted by molar-refractivity contribution is 0.0938. The Morgan fingerprint density at radius 1 is 1.07 bits per heavy atom. The first-order chi connectivity index (χ1) is 13.5. The molecule has 0 aromatic heterocycles. The van der Waals surface area contributed by atoms with E-state index in [4.69, 9.17) is 5.26 Å². The second-order valence-electron chi connectivity index (χ2n) is 6.77. The molecule has 144 valence electrons. The maximum absolute atomic E-state index is 12.9. The van der Waals surface area contributed by atoms with E-state index >= 15 is 0 Å². The van der Waals surface area contributed by atoms with Crippen LogP contribution in [0.25, 0.3) is 0 Å². The Hall–Kier alpha value is -3.40. The van der Waals surface area contributed by atoms with Gasteiger partial charge in [-0.3, -0.25) is 4.79 Å². The van der Waals surface area contributed by atoms with E-state index in [0.29, 0.717) is 42.4 Å². The Labute approximate surface area is 163 Å². The van der Waals surface area contributed by atoms with Crippen LogP contribution in [0, 0.1) is 23.1 Å². The molecule has 0 aliphatic carbocycles. The van der Waals surface area contributed by atoms with Crippen molar-refractivity contribution in [3.05, 3.63) is 65.5 Å². The van der Waals surface area contributed by atoms with E-state index in [2.05, 4.69) is 10.6 Å². The summed E-state index contributed by atoms with van der Waals surface area (Å²) in [7, 11) is 0. The number of urea groups is 1. The quantitative estimate of drug-likeness (QED) is 0.853. The average molecular weight is 380 g/mol. The maximum atomic E-state index is 12.9. The van der Waals surface area contributed by atoms with Gasteiger partial charge in [0.15, 0.2) is 0 Å². The molecular formula is C21H21FN4O2. The highest BCUT2D eigenvalue weighted by Crippen LogP contribution is 2.18. The number of anilines is 1. The number of nitrogens with one attached hydrogen (secondary N) is 2. The Balaban J connectivity index is 1.42. The van der Waals surface area contributed by atoms with E-state index in [1.807, 2.05) is 6.07 Å². The first-order valence-corrected chi connectivity index (χ1v) is 9.15.